The molecule has 1 aliphatic rings. The predicted molar refractivity (Wildman–Crippen MR) is 61.8 cm³/mol. The van der Waals surface area contributed by atoms with E-state index in [0.29, 0.717) is 6.04 Å². The van der Waals surface area contributed by atoms with Crippen molar-refractivity contribution in [3.63, 3.8) is 0 Å². The molecule has 0 saturated heterocycles. The molecule has 0 unspecified atom stereocenters. The second-order valence-corrected chi connectivity index (χ2v) is 4.43. The normalized spacial score (nSPS) is 17.0. The van der Waals surface area contributed by atoms with Gasteiger partial charge < -0.3 is 4.90 Å². The van der Waals surface area contributed by atoms with Gasteiger partial charge in [0.05, 0.1) is 0 Å². The first-order valence-electron chi connectivity index (χ1n) is 5.68. The molecule has 1 aromatic rings. The third-order valence-electron chi connectivity index (χ3n) is 3.49. The molecule has 0 spiro atoms. The summed E-state index contributed by atoms with van der Waals surface area (Å²) < 4.78 is 13.4. The van der Waals surface area contributed by atoms with Crippen molar-refractivity contribution < 1.29 is 4.39 Å². The van der Waals surface area contributed by atoms with Gasteiger partial charge in [0.2, 0.25) is 0 Å². The van der Waals surface area contributed by atoms with Crippen LogP contribution in [0.25, 0.3) is 0 Å². The molecule has 0 bridgehead atoms. The minimum Gasteiger partial charge on any atom is -0.371 e. The minimum absolute atomic E-state index is 0.0997. The molecule has 0 aromatic heterocycles. The molecule has 2 heteroatoms. The summed E-state index contributed by atoms with van der Waals surface area (Å²) in [5.74, 6) is -0.0997. The summed E-state index contributed by atoms with van der Waals surface area (Å²) >= 11 is 0. The fourth-order valence-corrected chi connectivity index (χ4v) is 2.47. The average Bonchev–Trinajstić information content (AvgIpc) is 2.74. The van der Waals surface area contributed by atoms with Gasteiger partial charge in [-0.2, -0.15) is 0 Å². The van der Waals surface area contributed by atoms with E-state index in [9.17, 15) is 4.39 Å². The SMILES string of the molecule is Cc1c(F)cccc1N(C)C1CCCC1. The Morgan fingerprint density at radius 3 is 2.60 bits per heavy atom. The Balaban J connectivity index is 2.24. The van der Waals surface area contributed by atoms with Crippen molar-refractivity contribution in [2.45, 2.75) is 38.6 Å². The van der Waals surface area contributed by atoms with Crippen LogP contribution in [0.3, 0.4) is 0 Å². The Kier molecular flexibility index (Phi) is 2.94. The lowest BCUT2D eigenvalue weighted by atomic mass is 10.1. The van der Waals surface area contributed by atoms with Crippen molar-refractivity contribution in [3.05, 3.63) is 29.6 Å². The van der Waals surface area contributed by atoms with Crippen molar-refractivity contribution >= 4 is 5.69 Å². The molecule has 1 saturated carbocycles. The first-order valence-corrected chi connectivity index (χ1v) is 5.68. The third kappa shape index (κ3) is 1.99. The Hall–Kier alpha value is -1.05. The van der Waals surface area contributed by atoms with E-state index in [1.54, 1.807) is 6.07 Å². The molecule has 0 amide bonds. The Labute approximate surface area is 90.9 Å². The molecule has 0 heterocycles. The zero-order chi connectivity index (χ0) is 10.8. The zero-order valence-corrected chi connectivity index (χ0v) is 9.46. The van der Waals surface area contributed by atoms with E-state index >= 15 is 0 Å². The van der Waals surface area contributed by atoms with Gasteiger partial charge in [-0.25, -0.2) is 4.39 Å². The lowest BCUT2D eigenvalue weighted by Crippen LogP contribution is -2.29. The quantitative estimate of drug-likeness (QED) is 0.717. The van der Waals surface area contributed by atoms with Gasteiger partial charge in [-0.05, 0) is 31.9 Å². The van der Waals surface area contributed by atoms with Crippen molar-refractivity contribution in [2.24, 2.45) is 0 Å². The van der Waals surface area contributed by atoms with Gasteiger partial charge in [0, 0.05) is 24.3 Å². The van der Waals surface area contributed by atoms with Gasteiger partial charge >= 0.3 is 0 Å². The number of hydrogen-bond acceptors (Lipinski definition) is 1. The van der Waals surface area contributed by atoms with Crippen LogP contribution in [0.15, 0.2) is 18.2 Å². The first kappa shape index (κ1) is 10.5. The van der Waals surface area contributed by atoms with E-state index < -0.39 is 0 Å². The van der Waals surface area contributed by atoms with Gasteiger partial charge in [-0.3, -0.25) is 0 Å². The molecule has 1 aliphatic carbocycles. The van der Waals surface area contributed by atoms with Gasteiger partial charge in [-0.1, -0.05) is 18.9 Å². The predicted octanol–water partition coefficient (Wildman–Crippen LogP) is 3.51. The number of halogens is 1. The number of nitrogens with zero attached hydrogens (tertiary/aromatic N) is 1. The summed E-state index contributed by atoms with van der Waals surface area (Å²) in [4.78, 5) is 2.24. The zero-order valence-electron chi connectivity index (χ0n) is 9.46. The van der Waals surface area contributed by atoms with Crippen LogP contribution in [0.4, 0.5) is 10.1 Å². The monoisotopic (exact) mass is 207 g/mol. The van der Waals surface area contributed by atoms with Crippen molar-refractivity contribution in [2.75, 3.05) is 11.9 Å². The van der Waals surface area contributed by atoms with Gasteiger partial charge in [0.15, 0.2) is 0 Å². The molecular formula is C13H18FN. The van der Waals surface area contributed by atoms with E-state index in [1.165, 1.54) is 31.7 Å². The van der Waals surface area contributed by atoms with Crippen LogP contribution >= 0.6 is 0 Å². The summed E-state index contributed by atoms with van der Waals surface area (Å²) in [6.45, 7) is 1.86. The average molecular weight is 207 g/mol. The van der Waals surface area contributed by atoms with E-state index in [0.717, 1.165) is 11.3 Å². The lowest BCUT2D eigenvalue weighted by Gasteiger charge is -2.28. The maximum atomic E-state index is 13.4. The van der Waals surface area contributed by atoms with E-state index in [1.807, 2.05) is 13.0 Å². The first-order chi connectivity index (χ1) is 7.20. The molecule has 0 atom stereocenters. The number of rotatable bonds is 2. The molecule has 82 valence electrons. The summed E-state index contributed by atoms with van der Waals surface area (Å²) in [5, 5.41) is 0. The van der Waals surface area contributed by atoms with E-state index in [4.69, 9.17) is 0 Å². The smallest absolute Gasteiger partial charge is 0.128 e. The van der Waals surface area contributed by atoms with Crippen molar-refractivity contribution in [1.29, 1.82) is 0 Å². The molecule has 0 radical (unpaired) electrons. The molecule has 0 N–H and O–H groups in total. The van der Waals surface area contributed by atoms with Crippen molar-refractivity contribution in [3.8, 4) is 0 Å². The molecular weight excluding hydrogens is 189 g/mol. The summed E-state index contributed by atoms with van der Waals surface area (Å²) in [7, 11) is 2.08. The molecule has 15 heavy (non-hydrogen) atoms. The summed E-state index contributed by atoms with van der Waals surface area (Å²) in [6, 6.07) is 5.94. The van der Waals surface area contributed by atoms with Crippen LogP contribution in [0.5, 0.6) is 0 Å². The van der Waals surface area contributed by atoms with Gasteiger partial charge in [-0.15, -0.1) is 0 Å². The maximum Gasteiger partial charge on any atom is 0.128 e. The topological polar surface area (TPSA) is 3.24 Å². The van der Waals surface area contributed by atoms with Crippen LogP contribution < -0.4 is 4.90 Å². The molecule has 2 rings (SSSR count). The largest absolute Gasteiger partial charge is 0.371 e. The van der Waals surface area contributed by atoms with Gasteiger partial charge in [0.1, 0.15) is 5.82 Å². The van der Waals surface area contributed by atoms with Crippen LogP contribution in [0.1, 0.15) is 31.2 Å². The second kappa shape index (κ2) is 4.21. The molecule has 0 aliphatic heterocycles. The highest BCUT2D eigenvalue weighted by Gasteiger charge is 2.21. The highest BCUT2D eigenvalue weighted by Crippen LogP contribution is 2.29. The van der Waals surface area contributed by atoms with Crippen LogP contribution in [-0.4, -0.2) is 13.1 Å². The third-order valence-corrected chi connectivity index (χ3v) is 3.49. The molecule has 1 nitrogen and oxygen atoms in total. The van der Waals surface area contributed by atoms with Crippen LogP contribution in [0.2, 0.25) is 0 Å². The fourth-order valence-electron chi connectivity index (χ4n) is 2.47. The van der Waals surface area contributed by atoms with Crippen LogP contribution in [0, 0.1) is 12.7 Å². The Morgan fingerprint density at radius 1 is 1.27 bits per heavy atom. The Bertz CT molecular complexity index is 342. The van der Waals surface area contributed by atoms with E-state index in [2.05, 4.69) is 11.9 Å². The highest BCUT2D eigenvalue weighted by molar-refractivity contribution is 5.53. The highest BCUT2D eigenvalue weighted by atomic mass is 19.1. The molecule has 1 aromatic carbocycles. The lowest BCUT2D eigenvalue weighted by molar-refractivity contribution is 0.610. The van der Waals surface area contributed by atoms with Crippen LogP contribution in [-0.2, 0) is 0 Å². The summed E-state index contributed by atoms with van der Waals surface area (Å²) in [6.07, 6.45) is 5.10. The Morgan fingerprint density at radius 2 is 1.93 bits per heavy atom. The number of hydrogen-bond donors (Lipinski definition) is 0. The number of anilines is 1. The second-order valence-electron chi connectivity index (χ2n) is 4.43. The van der Waals surface area contributed by atoms with E-state index in [-0.39, 0.29) is 5.82 Å². The number of benzene rings is 1. The fraction of sp³-hybridized carbons (Fsp3) is 0.538. The van der Waals surface area contributed by atoms with Gasteiger partial charge in [0.25, 0.3) is 0 Å². The summed E-state index contributed by atoms with van der Waals surface area (Å²) in [5.41, 5.74) is 1.81. The minimum atomic E-state index is -0.0997. The maximum absolute atomic E-state index is 13.4. The standard InChI is InChI=1S/C13H18FN/c1-10-12(14)8-5-9-13(10)15(2)11-6-3-4-7-11/h5,8-9,11H,3-4,6-7H2,1-2H3. The molecule has 1 fully saturated rings. The van der Waals surface area contributed by atoms with Crippen molar-refractivity contribution in [1.82, 2.24) is 0 Å².